The second-order valence-corrected chi connectivity index (χ2v) is 7.96. The van der Waals surface area contributed by atoms with Crippen molar-refractivity contribution in [1.82, 2.24) is 0 Å². The average molecular weight is 510 g/mol. The fourth-order valence-electron chi connectivity index (χ4n) is 2.82. The van der Waals surface area contributed by atoms with Crippen LogP contribution in [0.4, 0.5) is 5.69 Å². The van der Waals surface area contributed by atoms with Gasteiger partial charge in [-0.2, -0.15) is 0 Å². The standard InChI is InChI=1S/C23H19Cl3N2O5/c1-2-31-22-11-17(12-27-33-14-15-4-3-5-18(8-15)28(29)30)10-21(26)23(22)32-13-16-6-7-19(24)20(25)9-16/h3-12H,2,13-14H2,1H3/b27-12-. The molecule has 172 valence electrons. The highest BCUT2D eigenvalue weighted by Gasteiger charge is 2.13. The summed E-state index contributed by atoms with van der Waals surface area (Å²) in [7, 11) is 0. The van der Waals surface area contributed by atoms with E-state index in [0.717, 1.165) is 5.56 Å². The van der Waals surface area contributed by atoms with Crippen LogP contribution in [0.1, 0.15) is 23.6 Å². The van der Waals surface area contributed by atoms with Gasteiger partial charge < -0.3 is 14.3 Å². The molecule has 0 amide bonds. The summed E-state index contributed by atoms with van der Waals surface area (Å²) >= 11 is 18.4. The molecule has 0 aliphatic carbocycles. The molecule has 0 unspecified atom stereocenters. The summed E-state index contributed by atoms with van der Waals surface area (Å²) in [5.74, 6) is 0.837. The van der Waals surface area contributed by atoms with Crippen LogP contribution in [0.25, 0.3) is 0 Å². The van der Waals surface area contributed by atoms with E-state index >= 15 is 0 Å². The number of halogens is 3. The molecule has 0 aliphatic heterocycles. The average Bonchev–Trinajstić information content (AvgIpc) is 2.79. The molecule has 3 aromatic rings. The number of nitro benzene ring substituents is 1. The van der Waals surface area contributed by atoms with Crippen molar-refractivity contribution in [2.24, 2.45) is 5.16 Å². The van der Waals surface area contributed by atoms with Gasteiger partial charge in [0.2, 0.25) is 0 Å². The lowest BCUT2D eigenvalue weighted by Gasteiger charge is -2.14. The zero-order valence-corrected chi connectivity index (χ0v) is 19.7. The van der Waals surface area contributed by atoms with Crippen molar-refractivity contribution in [3.05, 3.63) is 96.5 Å². The number of hydrogen-bond acceptors (Lipinski definition) is 6. The van der Waals surface area contributed by atoms with E-state index in [1.165, 1.54) is 18.3 Å². The molecule has 0 radical (unpaired) electrons. The van der Waals surface area contributed by atoms with Gasteiger partial charge in [0, 0.05) is 17.7 Å². The van der Waals surface area contributed by atoms with Crippen LogP contribution in [0.5, 0.6) is 11.5 Å². The molecule has 0 bridgehead atoms. The molecular formula is C23H19Cl3N2O5. The molecule has 3 aromatic carbocycles. The molecule has 33 heavy (non-hydrogen) atoms. The zero-order chi connectivity index (χ0) is 23.8. The SMILES string of the molecule is CCOc1cc(/C=N\OCc2cccc([N+](=O)[O-])c2)cc(Cl)c1OCc1ccc(Cl)c(Cl)c1. The molecule has 0 spiro atoms. The van der Waals surface area contributed by atoms with Crippen LogP contribution in [-0.2, 0) is 18.1 Å². The third kappa shape index (κ3) is 6.99. The van der Waals surface area contributed by atoms with Crippen LogP contribution < -0.4 is 9.47 Å². The summed E-state index contributed by atoms with van der Waals surface area (Å²) in [6.07, 6.45) is 1.47. The van der Waals surface area contributed by atoms with Gasteiger partial charge in [0.05, 0.1) is 32.8 Å². The third-order valence-electron chi connectivity index (χ3n) is 4.33. The van der Waals surface area contributed by atoms with Gasteiger partial charge >= 0.3 is 0 Å². The largest absolute Gasteiger partial charge is 0.490 e. The number of non-ortho nitro benzene ring substituents is 1. The lowest BCUT2D eigenvalue weighted by molar-refractivity contribution is -0.384. The van der Waals surface area contributed by atoms with E-state index in [1.807, 2.05) is 13.0 Å². The van der Waals surface area contributed by atoms with Crippen LogP contribution in [0, 0.1) is 10.1 Å². The molecule has 7 nitrogen and oxygen atoms in total. The molecule has 0 atom stereocenters. The molecule has 0 saturated carbocycles. The molecule has 10 heteroatoms. The molecule has 0 fully saturated rings. The Labute approximate surface area is 205 Å². The highest BCUT2D eigenvalue weighted by atomic mass is 35.5. The van der Waals surface area contributed by atoms with Crippen LogP contribution in [-0.4, -0.2) is 17.7 Å². The van der Waals surface area contributed by atoms with Gasteiger partial charge in [-0.25, -0.2) is 0 Å². The third-order valence-corrected chi connectivity index (χ3v) is 5.35. The zero-order valence-electron chi connectivity index (χ0n) is 17.5. The summed E-state index contributed by atoms with van der Waals surface area (Å²) in [5.41, 5.74) is 2.07. The molecule has 0 aliphatic rings. The van der Waals surface area contributed by atoms with Crippen LogP contribution in [0.3, 0.4) is 0 Å². The molecule has 0 aromatic heterocycles. The van der Waals surface area contributed by atoms with Crippen molar-refractivity contribution in [2.45, 2.75) is 20.1 Å². The van der Waals surface area contributed by atoms with E-state index in [1.54, 1.807) is 36.4 Å². The Morgan fingerprint density at radius 2 is 1.73 bits per heavy atom. The highest BCUT2D eigenvalue weighted by Crippen LogP contribution is 2.37. The Morgan fingerprint density at radius 1 is 0.939 bits per heavy atom. The summed E-state index contributed by atoms with van der Waals surface area (Å²) in [5, 5.41) is 16.0. The van der Waals surface area contributed by atoms with Gasteiger partial charge in [0.1, 0.15) is 13.2 Å². The number of nitro groups is 1. The van der Waals surface area contributed by atoms with E-state index in [2.05, 4.69) is 5.16 Å². The van der Waals surface area contributed by atoms with Gasteiger partial charge in [-0.05, 0) is 42.3 Å². The predicted molar refractivity (Wildman–Crippen MR) is 129 cm³/mol. The number of oxime groups is 1. The fourth-order valence-corrected chi connectivity index (χ4v) is 3.41. The summed E-state index contributed by atoms with van der Waals surface area (Å²) in [6, 6.07) is 14.8. The fraction of sp³-hybridized carbons (Fsp3) is 0.174. The second kappa shape index (κ2) is 11.7. The maximum Gasteiger partial charge on any atom is 0.269 e. The van der Waals surface area contributed by atoms with Gasteiger partial charge in [-0.1, -0.05) is 58.2 Å². The van der Waals surface area contributed by atoms with Gasteiger partial charge in [-0.3, -0.25) is 10.1 Å². The monoisotopic (exact) mass is 508 g/mol. The summed E-state index contributed by atoms with van der Waals surface area (Å²) in [4.78, 5) is 15.7. The number of benzene rings is 3. The van der Waals surface area contributed by atoms with Crippen molar-refractivity contribution in [1.29, 1.82) is 0 Å². The van der Waals surface area contributed by atoms with E-state index in [-0.39, 0.29) is 18.9 Å². The quantitative estimate of drug-likeness (QED) is 0.166. The smallest absolute Gasteiger partial charge is 0.269 e. The number of rotatable bonds is 10. The number of ether oxygens (including phenoxy) is 2. The minimum Gasteiger partial charge on any atom is -0.490 e. The van der Waals surface area contributed by atoms with Gasteiger partial charge in [0.15, 0.2) is 11.5 Å². The molecule has 3 rings (SSSR count). The lowest BCUT2D eigenvalue weighted by atomic mass is 10.2. The van der Waals surface area contributed by atoms with Crippen LogP contribution in [0.2, 0.25) is 15.1 Å². The first-order valence-electron chi connectivity index (χ1n) is 9.79. The Kier molecular flexibility index (Phi) is 8.77. The summed E-state index contributed by atoms with van der Waals surface area (Å²) in [6.45, 7) is 2.55. The minimum atomic E-state index is -0.463. The van der Waals surface area contributed by atoms with Crippen molar-refractivity contribution >= 4 is 46.7 Å². The van der Waals surface area contributed by atoms with Gasteiger partial charge in [-0.15, -0.1) is 0 Å². The minimum absolute atomic E-state index is 0.00956. The predicted octanol–water partition coefficient (Wildman–Crippen LogP) is 7.08. The Hall–Kier alpha value is -3.00. The molecule has 0 saturated heterocycles. The lowest BCUT2D eigenvalue weighted by Crippen LogP contribution is -2.01. The number of hydrogen-bond donors (Lipinski definition) is 0. The van der Waals surface area contributed by atoms with Crippen molar-refractivity contribution in [3.63, 3.8) is 0 Å². The van der Waals surface area contributed by atoms with E-state index < -0.39 is 4.92 Å². The molecular weight excluding hydrogens is 491 g/mol. The van der Waals surface area contributed by atoms with E-state index in [9.17, 15) is 10.1 Å². The van der Waals surface area contributed by atoms with E-state index in [0.29, 0.717) is 44.3 Å². The maximum absolute atomic E-state index is 10.9. The Balaban J connectivity index is 1.68. The van der Waals surface area contributed by atoms with Crippen LogP contribution in [0.15, 0.2) is 59.8 Å². The first-order valence-corrected chi connectivity index (χ1v) is 10.9. The Bertz CT molecular complexity index is 1170. The first-order chi connectivity index (χ1) is 15.9. The Morgan fingerprint density at radius 3 is 2.45 bits per heavy atom. The van der Waals surface area contributed by atoms with Crippen molar-refractivity contribution < 1.29 is 19.2 Å². The first kappa shape index (κ1) is 24.6. The highest BCUT2D eigenvalue weighted by molar-refractivity contribution is 6.42. The number of nitrogens with zero attached hydrogens (tertiary/aromatic N) is 2. The second-order valence-electron chi connectivity index (χ2n) is 6.74. The normalized spacial score (nSPS) is 10.9. The summed E-state index contributed by atoms with van der Waals surface area (Å²) < 4.78 is 11.6. The van der Waals surface area contributed by atoms with E-state index in [4.69, 9.17) is 49.1 Å². The molecule has 0 N–H and O–H groups in total. The van der Waals surface area contributed by atoms with Crippen LogP contribution >= 0.6 is 34.8 Å². The topological polar surface area (TPSA) is 83.2 Å². The molecule has 0 heterocycles. The van der Waals surface area contributed by atoms with Crippen molar-refractivity contribution in [3.8, 4) is 11.5 Å². The van der Waals surface area contributed by atoms with Crippen molar-refractivity contribution in [2.75, 3.05) is 6.61 Å². The maximum atomic E-state index is 10.9. The van der Waals surface area contributed by atoms with Gasteiger partial charge in [0.25, 0.3) is 5.69 Å².